The Kier molecular flexibility index (Phi) is 4.67. The fourth-order valence-electron chi connectivity index (χ4n) is 1.27. The summed E-state index contributed by atoms with van der Waals surface area (Å²) in [6.07, 6.45) is 0.516. The molecule has 4 nitrogen and oxygen atoms in total. The van der Waals surface area contributed by atoms with E-state index < -0.39 is 0 Å². The first-order chi connectivity index (χ1) is 7.11. The fourth-order valence-corrected chi connectivity index (χ4v) is 1.81. The van der Waals surface area contributed by atoms with E-state index in [1.54, 1.807) is 0 Å². The number of amidine groups is 1. The molecule has 0 aliphatic carbocycles. The van der Waals surface area contributed by atoms with Crippen LogP contribution < -0.4 is 11.1 Å². The molecule has 0 aliphatic heterocycles. The second kappa shape index (κ2) is 5.79. The normalized spacial score (nSPS) is 13.6. The molecule has 1 aromatic carbocycles. The predicted octanol–water partition coefficient (Wildman–Crippen LogP) is 2.23. The van der Waals surface area contributed by atoms with E-state index in [0.717, 1.165) is 5.69 Å². The zero-order valence-electron chi connectivity index (χ0n) is 8.44. The number of halogens is 1. The van der Waals surface area contributed by atoms with Crippen molar-refractivity contribution in [3.63, 3.8) is 0 Å². The highest BCUT2D eigenvalue weighted by Crippen LogP contribution is 2.13. The summed E-state index contributed by atoms with van der Waals surface area (Å²) in [6, 6.07) is 8.19. The van der Waals surface area contributed by atoms with Gasteiger partial charge in [0.1, 0.15) is 5.84 Å². The molecule has 0 aromatic heterocycles. The molecular weight excluding hydrogens is 305 g/mol. The highest BCUT2D eigenvalue weighted by Gasteiger charge is 2.04. The molecule has 0 spiro atoms. The Bertz CT molecular complexity index is 354. The Balaban J connectivity index is 2.55. The van der Waals surface area contributed by atoms with Crippen molar-refractivity contribution in [1.82, 2.24) is 0 Å². The molecule has 0 fully saturated rings. The number of nitrogens with one attached hydrogen (secondary N) is 1. The third kappa shape index (κ3) is 4.37. The van der Waals surface area contributed by atoms with Crippen LogP contribution in [0.2, 0.25) is 0 Å². The monoisotopic (exact) mass is 319 g/mol. The number of hydrogen-bond acceptors (Lipinski definition) is 3. The van der Waals surface area contributed by atoms with Crippen LogP contribution in [0.5, 0.6) is 0 Å². The summed E-state index contributed by atoms with van der Waals surface area (Å²) >= 11 is 2.26. The first-order valence-electron chi connectivity index (χ1n) is 4.60. The van der Waals surface area contributed by atoms with Crippen LogP contribution in [0, 0.1) is 3.57 Å². The molecule has 82 valence electrons. The van der Waals surface area contributed by atoms with Crippen molar-refractivity contribution in [3.8, 4) is 0 Å². The first-order valence-corrected chi connectivity index (χ1v) is 5.68. The topological polar surface area (TPSA) is 70.6 Å². The Hall–Kier alpha value is -0.980. The van der Waals surface area contributed by atoms with Gasteiger partial charge in [-0.15, -0.1) is 0 Å². The lowest BCUT2D eigenvalue weighted by atomic mass is 10.2. The highest BCUT2D eigenvalue weighted by molar-refractivity contribution is 14.1. The molecule has 15 heavy (non-hydrogen) atoms. The summed E-state index contributed by atoms with van der Waals surface area (Å²) < 4.78 is 1.17. The van der Waals surface area contributed by atoms with Crippen molar-refractivity contribution in [2.45, 2.75) is 19.4 Å². The molecule has 1 rings (SSSR count). The van der Waals surface area contributed by atoms with Crippen molar-refractivity contribution in [2.75, 3.05) is 5.32 Å². The number of rotatable bonds is 4. The Morgan fingerprint density at radius 3 is 3.00 bits per heavy atom. The van der Waals surface area contributed by atoms with E-state index in [1.165, 1.54) is 3.57 Å². The molecule has 5 heteroatoms. The van der Waals surface area contributed by atoms with Crippen molar-refractivity contribution in [3.05, 3.63) is 27.8 Å². The van der Waals surface area contributed by atoms with Crippen molar-refractivity contribution < 1.29 is 5.21 Å². The van der Waals surface area contributed by atoms with Gasteiger partial charge in [-0.05, 0) is 47.7 Å². The van der Waals surface area contributed by atoms with Crippen LogP contribution in [0.4, 0.5) is 5.69 Å². The zero-order valence-corrected chi connectivity index (χ0v) is 10.6. The molecule has 0 aliphatic rings. The van der Waals surface area contributed by atoms with E-state index in [0.29, 0.717) is 6.42 Å². The zero-order chi connectivity index (χ0) is 11.3. The quantitative estimate of drug-likeness (QED) is 0.262. The van der Waals surface area contributed by atoms with Crippen LogP contribution in [0.25, 0.3) is 0 Å². The second-order valence-corrected chi connectivity index (χ2v) is 4.60. The molecule has 0 amide bonds. The maximum Gasteiger partial charge on any atom is 0.141 e. The van der Waals surface area contributed by atoms with Gasteiger partial charge in [-0.3, -0.25) is 0 Å². The maximum absolute atomic E-state index is 8.43. The van der Waals surface area contributed by atoms with Gasteiger partial charge in [0.25, 0.3) is 0 Å². The summed E-state index contributed by atoms with van der Waals surface area (Å²) in [5, 5.41) is 14.6. The molecule has 0 heterocycles. The lowest BCUT2D eigenvalue weighted by molar-refractivity contribution is 0.316. The Morgan fingerprint density at radius 2 is 2.40 bits per heavy atom. The summed E-state index contributed by atoms with van der Waals surface area (Å²) in [5.41, 5.74) is 6.46. The second-order valence-electron chi connectivity index (χ2n) is 3.35. The van der Waals surface area contributed by atoms with Gasteiger partial charge in [0.05, 0.1) is 0 Å². The summed E-state index contributed by atoms with van der Waals surface area (Å²) in [5.74, 6) is 0.237. The van der Waals surface area contributed by atoms with Crippen LogP contribution in [0.15, 0.2) is 29.4 Å². The average Bonchev–Trinajstić information content (AvgIpc) is 2.17. The molecule has 1 unspecified atom stereocenters. The van der Waals surface area contributed by atoms with Gasteiger partial charge in [-0.25, -0.2) is 0 Å². The minimum absolute atomic E-state index is 0.138. The van der Waals surface area contributed by atoms with Gasteiger partial charge in [0.15, 0.2) is 0 Å². The van der Waals surface area contributed by atoms with Crippen LogP contribution in [0.3, 0.4) is 0 Å². The molecule has 0 saturated carbocycles. The van der Waals surface area contributed by atoms with Gasteiger partial charge < -0.3 is 16.3 Å². The van der Waals surface area contributed by atoms with Crippen LogP contribution in [0.1, 0.15) is 13.3 Å². The first kappa shape index (κ1) is 12.1. The Morgan fingerprint density at radius 1 is 1.67 bits per heavy atom. The van der Waals surface area contributed by atoms with E-state index in [2.05, 4.69) is 33.1 Å². The number of hydrogen-bond donors (Lipinski definition) is 3. The number of nitrogens with zero attached hydrogens (tertiary/aromatic N) is 1. The Labute approximate surface area is 103 Å². The molecule has 1 atom stereocenters. The molecule has 4 N–H and O–H groups in total. The van der Waals surface area contributed by atoms with Crippen LogP contribution in [-0.4, -0.2) is 17.1 Å². The van der Waals surface area contributed by atoms with Crippen molar-refractivity contribution >= 4 is 34.1 Å². The summed E-state index contributed by atoms with van der Waals surface area (Å²) in [4.78, 5) is 0. The van der Waals surface area contributed by atoms with Gasteiger partial charge in [-0.2, -0.15) is 0 Å². The van der Waals surface area contributed by atoms with Gasteiger partial charge >= 0.3 is 0 Å². The lowest BCUT2D eigenvalue weighted by Gasteiger charge is -2.14. The molecule has 0 radical (unpaired) electrons. The van der Waals surface area contributed by atoms with Gasteiger partial charge in [0, 0.05) is 21.7 Å². The highest BCUT2D eigenvalue weighted by atomic mass is 127. The molecule has 0 saturated heterocycles. The number of anilines is 1. The molecule has 0 bridgehead atoms. The van der Waals surface area contributed by atoms with Crippen LogP contribution >= 0.6 is 22.6 Å². The lowest BCUT2D eigenvalue weighted by Crippen LogP contribution is -2.24. The standard InChI is InChI=1S/C10H14IN3O/c1-7(5-10(12)14-15)13-9-4-2-3-8(11)6-9/h2-4,6-7,13,15H,5H2,1H3,(H2,12,14). The summed E-state index contributed by atoms with van der Waals surface area (Å²) in [6.45, 7) is 1.98. The van der Waals surface area contributed by atoms with E-state index in [-0.39, 0.29) is 11.9 Å². The van der Waals surface area contributed by atoms with E-state index >= 15 is 0 Å². The number of benzene rings is 1. The van der Waals surface area contributed by atoms with Crippen molar-refractivity contribution in [1.29, 1.82) is 0 Å². The van der Waals surface area contributed by atoms with E-state index in [4.69, 9.17) is 10.9 Å². The third-order valence-electron chi connectivity index (χ3n) is 1.88. The third-order valence-corrected chi connectivity index (χ3v) is 2.55. The average molecular weight is 319 g/mol. The fraction of sp³-hybridized carbons (Fsp3) is 0.300. The van der Waals surface area contributed by atoms with Crippen LogP contribution in [-0.2, 0) is 0 Å². The van der Waals surface area contributed by atoms with E-state index in [9.17, 15) is 0 Å². The minimum atomic E-state index is 0.138. The predicted molar refractivity (Wildman–Crippen MR) is 70.3 cm³/mol. The maximum atomic E-state index is 8.43. The van der Waals surface area contributed by atoms with E-state index in [1.807, 2.05) is 31.2 Å². The molecular formula is C10H14IN3O. The largest absolute Gasteiger partial charge is 0.409 e. The minimum Gasteiger partial charge on any atom is -0.409 e. The number of oxime groups is 1. The van der Waals surface area contributed by atoms with Gasteiger partial charge in [-0.1, -0.05) is 11.2 Å². The smallest absolute Gasteiger partial charge is 0.141 e. The molecule has 1 aromatic rings. The summed E-state index contributed by atoms with van der Waals surface area (Å²) in [7, 11) is 0. The van der Waals surface area contributed by atoms with Gasteiger partial charge in [0.2, 0.25) is 0 Å². The number of nitrogens with two attached hydrogens (primary N) is 1. The van der Waals surface area contributed by atoms with Crippen molar-refractivity contribution in [2.24, 2.45) is 10.9 Å². The SMILES string of the molecule is CC(CC(N)=NO)Nc1cccc(I)c1.